The summed E-state index contributed by atoms with van der Waals surface area (Å²) < 4.78 is 16.1. The smallest absolute Gasteiger partial charge is 0.230 e. The molecule has 94 valence electrons. The van der Waals surface area contributed by atoms with Gasteiger partial charge < -0.3 is 13.7 Å². The van der Waals surface area contributed by atoms with Gasteiger partial charge >= 0.3 is 0 Å². The highest BCUT2D eigenvalue weighted by Crippen LogP contribution is 2.54. The zero-order chi connectivity index (χ0) is 11.9. The number of ether oxygens (including phenoxy) is 1. The number of furan rings is 1. The molecule has 0 N–H and O–H groups in total. The van der Waals surface area contributed by atoms with Crippen LogP contribution in [0.1, 0.15) is 48.1 Å². The van der Waals surface area contributed by atoms with E-state index >= 15 is 0 Å². The highest BCUT2D eigenvalue weighted by atomic mass is 16.5. The van der Waals surface area contributed by atoms with Crippen molar-refractivity contribution >= 4 is 0 Å². The maximum atomic E-state index is 5.41. The minimum Gasteiger partial charge on any atom is -0.469 e. The second-order valence-electron chi connectivity index (χ2n) is 5.02. The number of hydrogen-bond donors (Lipinski definition) is 0. The molecule has 5 heteroatoms. The van der Waals surface area contributed by atoms with E-state index in [-0.39, 0.29) is 0 Å². The minimum atomic E-state index is 0.309. The average Bonchev–Trinajstić information content (AvgIpc) is 2.96. The molecule has 18 heavy (non-hydrogen) atoms. The van der Waals surface area contributed by atoms with Gasteiger partial charge in [-0.2, -0.15) is 4.98 Å². The summed E-state index contributed by atoms with van der Waals surface area (Å²) >= 11 is 0. The van der Waals surface area contributed by atoms with Crippen molar-refractivity contribution < 1.29 is 13.7 Å². The molecule has 5 nitrogen and oxygen atoms in total. The summed E-state index contributed by atoms with van der Waals surface area (Å²) in [6.07, 6.45) is 3.74. The van der Waals surface area contributed by atoms with Crippen molar-refractivity contribution in [2.24, 2.45) is 0 Å². The van der Waals surface area contributed by atoms with Gasteiger partial charge in [0, 0.05) is 24.4 Å². The van der Waals surface area contributed by atoms with Gasteiger partial charge in [0.2, 0.25) is 5.89 Å². The normalized spacial score (nSPS) is 30.8. The molecule has 2 aromatic heterocycles. The van der Waals surface area contributed by atoms with Crippen LogP contribution in [-0.4, -0.2) is 23.4 Å². The Kier molecular flexibility index (Phi) is 2.26. The van der Waals surface area contributed by atoms with Crippen LogP contribution in [-0.2, 0) is 4.74 Å². The third kappa shape index (κ3) is 1.66. The molecule has 1 saturated heterocycles. The summed E-state index contributed by atoms with van der Waals surface area (Å²) in [5.41, 5.74) is 0. The van der Waals surface area contributed by atoms with E-state index in [1.807, 2.05) is 12.1 Å². The minimum absolute atomic E-state index is 0.309. The third-order valence-corrected chi connectivity index (χ3v) is 3.77. The molecule has 0 bridgehead atoms. The van der Waals surface area contributed by atoms with E-state index in [0.29, 0.717) is 24.4 Å². The third-order valence-electron chi connectivity index (χ3n) is 3.77. The monoisotopic (exact) mass is 246 g/mol. The first-order chi connectivity index (χ1) is 8.92. The van der Waals surface area contributed by atoms with Crippen LogP contribution in [0.3, 0.4) is 0 Å². The number of nitrogens with zero attached hydrogens (tertiary/aromatic N) is 2. The van der Waals surface area contributed by atoms with Gasteiger partial charge in [-0.1, -0.05) is 5.16 Å². The lowest BCUT2D eigenvalue weighted by molar-refractivity contribution is 0.192. The van der Waals surface area contributed by atoms with E-state index in [2.05, 4.69) is 10.1 Å². The molecule has 2 aliphatic rings. The van der Waals surface area contributed by atoms with Crippen molar-refractivity contribution in [2.45, 2.75) is 30.6 Å². The summed E-state index contributed by atoms with van der Waals surface area (Å²) in [7, 11) is 0. The van der Waals surface area contributed by atoms with Crippen LogP contribution in [0.4, 0.5) is 0 Å². The lowest BCUT2D eigenvalue weighted by Crippen LogP contribution is -1.99. The average molecular weight is 246 g/mol. The number of rotatable bonds is 3. The molecular formula is C13H14N2O3. The molecule has 1 aliphatic heterocycles. The highest BCUT2D eigenvalue weighted by molar-refractivity contribution is 5.23. The Bertz CT molecular complexity index is 528. The van der Waals surface area contributed by atoms with Gasteiger partial charge in [0.25, 0.3) is 0 Å². The van der Waals surface area contributed by atoms with E-state index < -0.39 is 0 Å². The molecule has 1 aliphatic carbocycles. The molecule has 2 aromatic rings. The van der Waals surface area contributed by atoms with Gasteiger partial charge in [-0.25, -0.2) is 0 Å². The van der Waals surface area contributed by atoms with Crippen LogP contribution >= 0.6 is 0 Å². The SMILES string of the molecule is c1coc(C2CC2c2nc(C3CCOC3)no2)c1. The predicted octanol–water partition coefficient (Wildman–Crippen LogP) is 2.44. The van der Waals surface area contributed by atoms with Crippen molar-refractivity contribution in [3.8, 4) is 0 Å². The topological polar surface area (TPSA) is 61.3 Å². The van der Waals surface area contributed by atoms with Gasteiger partial charge in [-0.05, 0) is 25.0 Å². The van der Waals surface area contributed by atoms with E-state index in [9.17, 15) is 0 Å². The molecule has 3 atom stereocenters. The Morgan fingerprint density at radius 3 is 3.06 bits per heavy atom. The van der Waals surface area contributed by atoms with E-state index in [4.69, 9.17) is 13.7 Å². The lowest BCUT2D eigenvalue weighted by Gasteiger charge is -1.97. The Labute approximate surface area is 104 Å². The summed E-state index contributed by atoms with van der Waals surface area (Å²) in [6.45, 7) is 1.51. The molecule has 0 amide bonds. The van der Waals surface area contributed by atoms with E-state index in [0.717, 1.165) is 36.9 Å². The van der Waals surface area contributed by atoms with Crippen molar-refractivity contribution in [3.63, 3.8) is 0 Å². The van der Waals surface area contributed by atoms with Gasteiger partial charge in [-0.3, -0.25) is 0 Å². The van der Waals surface area contributed by atoms with Crippen molar-refractivity contribution in [2.75, 3.05) is 13.2 Å². The van der Waals surface area contributed by atoms with Gasteiger partial charge in [0.05, 0.1) is 12.9 Å². The molecular weight excluding hydrogens is 232 g/mol. The summed E-state index contributed by atoms with van der Waals surface area (Å²) in [6, 6.07) is 3.92. The predicted molar refractivity (Wildman–Crippen MR) is 61.3 cm³/mol. The van der Waals surface area contributed by atoms with Crippen molar-refractivity contribution in [1.82, 2.24) is 10.1 Å². The maximum absolute atomic E-state index is 5.41. The molecule has 3 heterocycles. The highest BCUT2D eigenvalue weighted by Gasteiger charge is 2.45. The van der Waals surface area contributed by atoms with Crippen LogP contribution in [0, 0.1) is 0 Å². The molecule has 0 radical (unpaired) electrons. The summed E-state index contributed by atoms with van der Waals surface area (Å²) in [5, 5.41) is 4.08. The van der Waals surface area contributed by atoms with Crippen LogP contribution in [0.25, 0.3) is 0 Å². The molecule has 1 saturated carbocycles. The first-order valence-corrected chi connectivity index (χ1v) is 6.36. The number of hydrogen-bond acceptors (Lipinski definition) is 5. The fourth-order valence-corrected chi connectivity index (χ4v) is 2.59. The largest absolute Gasteiger partial charge is 0.469 e. The van der Waals surface area contributed by atoms with Gasteiger partial charge in [0.1, 0.15) is 5.76 Å². The first-order valence-electron chi connectivity index (χ1n) is 6.36. The van der Waals surface area contributed by atoms with Gasteiger partial charge in [-0.15, -0.1) is 0 Å². The van der Waals surface area contributed by atoms with Crippen molar-refractivity contribution in [3.05, 3.63) is 35.9 Å². The van der Waals surface area contributed by atoms with Gasteiger partial charge in [0.15, 0.2) is 5.82 Å². The van der Waals surface area contributed by atoms with E-state index in [1.165, 1.54) is 0 Å². The summed E-state index contributed by atoms with van der Waals surface area (Å²) in [5.74, 6) is 3.62. The fourth-order valence-electron chi connectivity index (χ4n) is 2.59. The summed E-state index contributed by atoms with van der Waals surface area (Å²) in [4.78, 5) is 4.51. The van der Waals surface area contributed by atoms with Crippen LogP contribution in [0.15, 0.2) is 27.3 Å². The lowest BCUT2D eigenvalue weighted by atomic mass is 10.1. The van der Waals surface area contributed by atoms with E-state index in [1.54, 1.807) is 6.26 Å². The first kappa shape index (κ1) is 10.3. The molecule has 4 rings (SSSR count). The Balaban J connectivity index is 1.50. The quantitative estimate of drug-likeness (QED) is 0.832. The zero-order valence-electron chi connectivity index (χ0n) is 9.91. The van der Waals surface area contributed by atoms with Crippen LogP contribution < -0.4 is 0 Å². The molecule has 0 spiro atoms. The Morgan fingerprint density at radius 1 is 1.28 bits per heavy atom. The standard InChI is InChI=1S/C13H14N2O3/c1-2-11(17-4-1)9-6-10(9)13-14-12(15-18-13)8-3-5-16-7-8/h1-2,4,8-10H,3,5-7H2. The molecule has 0 aromatic carbocycles. The Hall–Kier alpha value is -1.62. The second-order valence-corrected chi connectivity index (χ2v) is 5.02. The second kappa shape index (κ2) is 3.95. The fraction of sp³-hybridized carbons (Fsp3) is 0.538. The maximum Gasteiger partial charge on any atom is 0.230 e. The number of aromatic nitrogens is 2. The molecule has 2 fully saturated rings. The zero-order valence-corrected chi connectivity index (χ0v) is 9.91. The molecule has 3 unspecified atom stereocenters. The van der Waals surface area contributed by atoms with Crippen molar-refractivity contribution in [1.29, 1.82) is 0 Å². The Morgan fingerprint density at radius 2 is 2.28 bits per heavy atom. The van der Waals surface area contributed by atoms with Crippen LogP contribution in [0.2, 0.25) is 0 Å². The van der Waals surface area contributed by atoms with Crippen LogP contribution in [0.5, 0.6) is 0 Å².